The van der Waals surface area contributed by atoms with Crippen LogP contribution in [0.5, 0.6) is 0 Å². The van der Waals surface area contributed by atoms with E-state index in [0.717, 1.165) is 52.5 Å². The number of hydrogen-bond donors (Lipinski definition) is 0. The van der Waals surface area contributed by atoms with Crippen LogP contribution in [0.2, 0.25) is 0 Å². The summed E-state index contributed by atoms with van der Waals surface area (Å²) in [5.41, 5.74) is 2.13. The lowest BCUT2D eigenvalue weighted by molar-refractivity contribution is 0.0729. The van der Waals surface area contributed by atoms with Gasteiger partial charge in [0.05, 0.1) is 10.6 Å². The van der Waals surface area contributed by atoms with Crippen molar-refractivity contribution in [1.82, 2.24) is 19.6 Å². The average Bonchev–Trinajstić information content (AvgIpc) is 3.23. The van der Waals surface area contributed by atoms with E-state index < -0.39 is 0 Å². The fourth-order valence-electron chi connectivity index (χ4n) is 3.32. The van der Waals surface area contributed by atoms with Gasteiger partial charge in [0.1, 0.15) is 4.83 Å². The predicted molar refractivity (Wildman–Crippen MR) is 112 cm³/mol. The van der Waals surface area contributed by atoms with Crippen molar-refractivity contribution in [3.8, 4) is 0 Å². The van der Waals surface area contributed by atoms with Crippen LogP contribution >= 0.6 is 11.3 Å². The van der Waals surface area contributed by atoms with Gasteiger partial charge in [0.2, 0.25) is 0 Å². The molecule has 3 rings (SSSR count). The molecule has 6 heteroatoms. The summed E-state index contributed by atoms with van der Waals surface area (Å²) in [6.07, 6.45) is 0. The molecule has 27 heavy (non-hydrogen) atoms. The van der Waals surface area contributed by atoms with Crippen LogP contribution in [0.4, 0.5) is 0 Å². The van der Waals surface area contributed by atoms with Gasteiger partial charge >= 0.3 is 0 Å². The van der Waals surface area contributed by atoms with E-state index in [1.807, 2.05) is 47.8 Å². The van der Waals surface area contributed by atoms with Gasteiger partial charge in [-0.05, 0) is 31.6 Å². The van der Waals surface area contributed by atoms with Gasteiger partial charge in [-0.15, -0.1) is 11.3 Å². The van der Waals surface area contributed by atoms with Crippen LogP contribution in [-0.2, 0) is 13.6 Å². The minimum Gasteiger partial charge on any atom is -0.332 e. The Balaban J connectivity index is 1.84. The Morgan fingerprint density at radius 3 is 2.48 bits per heavy atom. The molecule has 0 aliphatic heterocycles. The van der Waals surface area contributed by atoms with E-state index in [9.17, 15) is 4.79 Å². The molecule has 0 fully saturated rings. The van der Waals surface area contributed by atoms with Crippen molar-refractivity contribution in [2.45, 2.75) is 27.3 Å². The van der Waals surface area contributed by atoms with Crippen molar-refractivity contribution in [2.24, 2.45) is 7.05 Å². The van der Waals surface area contributed by atoms with Crippen LogP contribution in [0.25, 0.3) is 10.2 Å². The summed E-state index contributed by atoms with van der Waals surface area (Å²) in [7, 11) is 1.93. The summed E-state index contributed by atoms with van der Waals surface area (Å²) < 4.78 is 1.86. The summed E-state index contributed by atoms with van der Waals surface area (Å²) in [6, 6.07) is 12.2. The number of fused-ring (bicyclic) bond motifs is 1. The Kier molecular flexibility index (Phi) is 6.29. The van der Waals surface area contributed by atoms with Gasteiger partial charge < -0.3 is 9.80 Å². The van der Waals surface area contributed by atoms with Gasteiger partial charge in [-0.3, -0.25) is 9.48 Å². The van der Waals surface area contributed by atoms with Gasteiger partial charge in [0, 0.05) is 32.1 Å². The van der Waals surface area contributed by atoms with E-state index in [1.165, 1.54) is 11.3 Å². The molecule has 1 aromatic carbocycles. The molecule has 0 bridgehead atoms. The third-order valence-electron chi connectivity index (χ3n) is 4.99. The molecule has 3 aromatic rings. The number of aryl methyl sites for hydroxylation is 2. The molecule has 0 unspecified atom stereocenters. The number of aromatic nitrogens is 2. The molecule has 0 saturated carbocycles. The van der Waals surface area contributed by atoms with E-state index in [2.05, 4.69) is 36.0 Å². The highest BCUT2D eigenvalue weighted by atomic mass is 32.1. The first-order valence-electron chi connectivity index (χ1n) is 9.52. The summed E-state index contributed by atoms with van der Waals surface area (Å²) in [4.78, 5) is 19.5. The molecule has 0 saturated heterocycles. The first-order valence-corrected chi connectivity index (χ1v) is 10.3. The van der Waals surface area contributed by atoms with Crippen molar-refractivity contribution < 1.29 is 4.79 Å². The Hall–Kier alpha value is -2.18. The first-order chi connectivity index (χ1) is 13.0. The van der Waals surface area contributed by atoms with Crippen molar-refractivity contribution in [3.63, 3.8) is 0 Å². The zero-order valence-corrected chi connectivity index (χ0v) is 17.4. The highest BCUT2D eigenvalue weighted by Crippen LogP contribution is 2.28. The van der Waals surface area contributed by atoms with Gasteiger partial charge in [-0.2, -0.15) is 5.10 Å². The summed E-state index contributed by atoms with van der Waals surface area (Å²) in [6.45, 7) is 10.5. The van der Waals surface area contributed by atoms with Gasteiger partial charge in [0.25, 0.3) is 5.91 Å². The lowest BCUT2D eigenvalue weighted by atomic mass is 10.2. The Labute approximate surface area is 165 Å². The molecule has 2 aromatic heterocycles. The molecular weight excluding hydrogens is 356 g/mol. The van der Waals surface area contributed by atoms with E-state index in [0.29, 0.717) is 6.54 Å². The molecule has 0 aliphatic carbocycles. The number of thiophene rings is 1. The number of benzene rings is 1. The lowest BCUT2D eigenvalue weighted by Gasteiger charge is -2.26. The van der Waals surface area contributed by atoms with Gasteiger partial charge in [-0.1, -0.05) is 44.2 Å². The van der Waals surface area contributed by atoms with Crippen molar-refractivity contribution in [2.75, 3.05) is 26.2 Å². The number of likely N-dealkylation sites (N-methyl/N-ethyl adjacent to an activating group) is 1. The van der Waals surface area contributed by atoms with Gasteiger partial charge in [0.15, 0.2) is 0 Å². The van der Waals surface area contributed by atoms with E-state index in [-0.39, 0.29) is 5.91 Å². The van der Waals surface area contributed by atoms with Crippen LogP contribution < -0.4 is 0 Å². The van der Waals surface area contributed by atoms with Crippen molar-refractivity contribution in [1.29, 1.82) is 0 Å². The molecule has 5 nitrogen and oxygen atoms in total. The number of amides is 1. The molecule has 0 radical (unpaired) electrons. The average molecular weight is 385 g/mol. The first kappa shape index (κ1) is 19.6. The predicted octanol–water partition coefficient (Wildman–Crippen LogP) is 3.93. The van der Waals surface area contributed by atoms with Crippen LogP contribution in [0.15, 0.2) is 36.4 Å². The van der Waals surface area contributed by atoms with Crippen LogP contribution in [0.3, 0.4) is 0 Å². The zero-order valence-electron chi connectivity index (χ0n) is 16.6. The third kappa shape index (κ3) is 4.39. The fourth-order valence-corrected chi connectivity index (χ4v) is 4.42. The molecule has 0 spiro atoms. The van der Waals surface area contributed by atoms with Crippen LogP contribution in [0, 0.1) is 6.92 Å². The SMILES string of the molecule is CCN(CC)CCN(Cc1ccccc1)C(=O)c1cc2c(C)nn(C)c2s1. The monoisotopic (exact) mass is 384 g/mol. The number of hydrogen-bond acceptors (Lipinski definition) is 4. The third-order valence-corrected chi connectivity index (χ3v) is 6.18. The van der Waals surface area contributed by atoms with E-state index >= 15 is 0 Å². The molecule has 1 amide bonds. The standard InChI is InChI=1S/C21H28N4OS/c1-5-24(6-2)12-13-25(15-17-10-8-7-9-11-17)20(26)19-14-18-16(3)22-23(4)21(18)27-19/h7-11,14H,5-6,12-13,15H2,1-4H3. The minimum absolute atomic E-state index is 0.103. The summed E-state index contributed by atoms with van der Waals surface area (Å²) >= 11 is 1.53. The fraction of sp³-hybridized carbons (Fsp3) is 0.429. The Bertz CT molecular complexity index is 861. The number of carbonyl (C=O) groups excluding carboxylic acids is 1. The van der Waals surface area contributed by atoms with Crippen molar-refractivity contribution >= 4 is 27.5 Å². The van der Waals surface area contributed by atoms with Crippen LogP contribution in [0.1, 0.15) is 34.8 Å². The highest BCUT2D eigenvalue weighted by Gasteiger charge is 2.21. The molecule has 0 atom stereocenters. The quantitative estimate of drug-likeness (QED) is 0.591. The number of rotatable bonds is 8. The van der Waals surface area contributed by atoms with Crippen molar-refractivity contribution in [3.05, 3.63) is 52.5 Å². The number of nitrogens with zero attached hydrogens (tertiary/aromatic N) is 4. The largest absolute Gasteiger partial charge is 0.332 e. The molecule has 144 valence electrons. The van der Waals surface area contributed by atoms with Crippen LogP contribution in [-0.4, -0.2) is 51.7 Å². The topological polar surface area (TPSA) is 41.4 Å². The minimum atomic E-state index is 0.103. The Morgan fingerprint density at radius 1 is 1.15 bits per heavy atom. The molecule has 0 N–H and O–H groups in total. The smallest absolute Gasteiger partial charge is 0.264 e. The highest BCUT2D eigenvalue weighted by molar-refractivity contribution is 7.20. The molecule has 0 aliphatic rings. The maximum absolute atomic E-state index is 13.3. The second kappa shape index (κ2) is 8.67. The van der Waals surface area contributed by atoms with E-state index in [1.54, 1.807) is 0 Å². The second-order valence-electron chi connectivity index (χ2n) is 6.78. The zero-order chi connectivity index (χ0) is 19.4. The van der Waals surface area contributed by atoms with Gasteiger partial charge in [-0.25, -0.2) is 0 Å². The lowest BCUT2D eigenvalue weighted by Crippen LogP contribution is -2.38. The maximum Gasteiger partial charge on any atom is 0.264 e. The van der Waals surface area contributed by atoms with E-state index in [4.69, 9.17) is 0 Å². The maximum atomic E-state index is 13.3. The summed E-state index contributed by atoms with van der Waals surface area (Å²) in [5.74, 6) is 0.103. The summed E-state index contributed by atoms with van der Waals surface area (Å²) in [5, 5.41) is 5.52. The second-order valence-corrected chi connectivity index (χ2v) is 7.81. The number of carbonyl (C=O) groups is 1. The molecular formula is C21H28N4OS. The normalized spacial score (nSPS) is 11.4. The Morgan fingerprint density at radius 2 is 1.85 bits per heavy atom. The molecule has 2 heterocycles.